The Morgan fingerprint density at radius 1 is 1.65 bits per heavy atom. The van der Waals surface area contributed by atoms with Crippen LogP contribution in [-0.2, 0) is 7.05 Å². The number of carbonyl (C=O) groups excluding carboxylic acids is 1. The molecule has 1 unspecified atom stereocenters. The molecular weight excluding hydrogens is 216 g/mol. The topological polar surface area (TPSA) is 50.2 Å². The van der Waals surface area contributed by atoms with Crippen molar-refractivity contribution in [1.82, 2.24) is 19.8 Å². The van der Waals surface area contributed by atoms with Crippen LogP contribution in [0.4, 0.5) is 0 Å². The number of nitrogens with one attached hydrogen (secondary N) is 1. The number of piperidine rings is 1. The van der Waals surface area contributed by atoms with Gasteiger partial charge in [0.15, 0.2) is 0 Å². The van der Waals surface area contributed by atoms with Crippen LogP contribution in [0.25, 0.3) is 0 Å². The van der Waals surface area contributed by atoms with Crippen molar-refractivity contribution in [2.45, 2.75) is 25.8 Å². The summed E-state index contributed by atoms with van der Waals surface area (Å²) in [6.45, 7) is 4.69. The van der Waals surface area contributed by atoms with Gasteiger partial charge in [0.25, 0.3) is 5.91 Å². The maximum atomic E-state index is 12.2. The number of hydrogen-bond acceptors (Lipinski definition) is 3. The molecule has 0 aliphatic carbocycles. The number of aromatic nitrogens is 2. The predicted octanol–water partition coefficient (Wildman–Crippen LogP) is 0.634. The Balaban J connectivity index is 1.99. The normalized spacial score (nSPS) is 20.6. The molecule has 1 aromatic heterocycles. The molecule has 0 radical (unpaired) electrons. The summed E-state index contributed by atoms with van der Waals surface area (Å²) in [7, 11) is 1.88. The molecule has 1 aliphatic rings. The molecule has 1 aromatic rings. The number of imidazole rings is 1. The number of hydrogen-bond donors (Lipinski definition) is 1. The first-order valence-electron chi connectivity index (χ1n) is 6.21. The fourth-order valence-electron chi connectivity index (χ4n) is 2.30. The van der Waals surface area contributed by atoms with Crippen molar-refractivity contribution in [2.24, 2.45) is 7.05 Å². The summed E-state index contributed by atoms with van der Waals surface area (Å²) in [4.78, 5) is 18.2. The number of likely N-dealkylation sites (tertiary alicyclic amines) is 1. The predicted molar refractivity (Wildman–Crippen MR) is 65.8 cm³/mol. The summed E-state index contributed by atoms with van der Waals surface area (Å²) in [5.74, 6) is 0.0493. The van der Waals surface area contributed by atoms with Gasteiger partial charge in [-0.25, -0.2) is 4.98 Å². The molecule has 1 atom stereocenters. The smallest absolute Gasteiger partial charge is 0.274 e. The summed E-state index contributed by atoms with van der Waals surface area (Å²) < 4.78 is 1.80. The molecule has 2 rings (SSSR count). The van der Waals surface area contributed by atoms with E-state index in [2.05, 4.69) is 17.2 Å². The van der Waals surface area contributed by atoms with Crippen LogP contribution < -0.4 is 5.32 Å². The Morgan fingerprint density at radius 2 is 2.47 bits per heavy atom. The van der Waals surface area contributed by atoms with Gasteiger partial charge in [-0.3, -0.25) is 4.79 Å². The van der Waals surface area contributed by atoms with Crippen molar-refractivity contribution in [2.75, 3.05) is 19.6 Å². The van der Waals surface area contributed by atoms with Crippen LogP contribution in [0.3, 0.4) is 0 Å². The number of carbonyl (C=O) groups is 1. The fourth-order valence-corrected chi connectivity index (χ4v) is 2.30. The standard InChI is InChI=1S/C12H20N4O/c1-3-13-10-5-4-6-16(7-10)12(17)11-8-15(2)9-14-11/h8-10,13H,3-7H2,1-2H3. The zero-order valence-electron chi connectivity index (χ0n) is 10.5. The SMILES string of the molecule is CCNC1CCCN(C(=O)c2cn(C)cn2)C1. The molecule has 1 saturated heterocycles. The highest BCUT2D eigenvalue weighted by atomic mass is 16.2. The van der Waals surface area contributed by atoms with Gasteiger partial charge in [0.2, 0.25) is 0 Å². The van der Waals surface area contributed by atoms with Crippen LogP contribution >= 0.6 is 0 Å². The minimum absolute atomic E-state index is 0.0493. The molecule has 17 heavy (non-hydrogen) atoms. The van der Waals surface area contributed by atoms with E-state index in [1.165, 1.54) is 0 Å². The van der Waals surface area contributed by atoms with Gasteiger partial charge < -0.3 is 14.8 Å². The van der Waals surface area contributed by atoms with E-state index >= 15 is 0 Å². The summed E-state index contributed by atoms with van der Waals surface area (Å²) in [6.07, 6.45) is 5.66. The molecule has 2 heterocycles. The second-order valence-corrected chi connectivity index (χ2v) is 4.57. The number of amides is 1. The lowest BCUT2D eigenvalue weighted by Gasteiger charge is -2.32. The summed E-state index contributed by atoms with van der Waals surface area (Å²) in [5.41, 5.74) is 0.546. The minimum Gasteiger partial charge on any atom is -0.340 e. The second kappa shape index (κ2) is 5.31. The number of nitrogens with zero attached hydrogens (tertiary/aromatic N) is 3. The monoisotopic (exact) mass is 236 g/mol. The molecule has 0 spiro atoms. The summed E-state index contributed by atoms with van der Waals surface area (Å²) in [6, 6.07) is 0.432. The highest BCUT2D eigenvalue weighted by molar-refractivity contribution is 5.92. The Labute approximate surface area is 102 Å². The van der Waals surface area contributed by atoms with Crippen molar-refractivity contribution in [3.63, 3.8) is 0 Å². The largest absolute Gasteiger partial charge is 0.340 e. The lowest BCUT2D eigenvalue weighted by molar-refractivity contribution is 0.0690. The van der Waals surface area contributed by atoms with Gasteiger partial charge >= 0.3 is 0 Å². The van der Waals surface area contributed by atoms with E-state index in [0.717, 1.165) is 32.5 Å². The van der Waals surface area contributed by atoms with E-state index in [9.17, 15) is 4.79 Å². The highest BCUT2D eigenvalue weighted by Gasteiger charge is 2.24. The van der Waals surface area contributed by atoms with Crippen LogP contribution in [-0.4, -0.2) is 46.0 Å². The maximum Gasteiger partial charge on any atom is 0.274 e. The average Bonchev–Trinajstić information content (AvgIpc) is 2.76. The number of likely N-dealkylation sites (N-methyl/N-ethyl adjacent to an activating group) is 1. The van der Waals surface area contributed by atoms with Gasteiger partial charge in [-0.15, -0.1) is 0 Å². The Bertz CT molecular complexity index is 386. The van der Waals surface area contributed by atoms with Gasteiger partial charge in [0.1, 0.15) is 5.69 Å². The Hall–Kier alpha value is -1.36. The van der Waals surface area contributed by atoms with Crippen molar-refractivity contribution < 1.29 is 4.79 Å². The lowest BCUT2D eigenvalue weighted by atomic mass is 10.1. The molecule has 0 bridgehead atoms. The van der Waals surface area contributed by atoms with Gasteiger partial charge in [0.05, 0.1) is 6.33 Å². The number of aryl methyl sites for hydroxylation is 1. The first-order valence-corrected chi connectivity index (χ1v) is 6.21. The molecule has 1 fully saturated rings. The van der Waals surface area contributed by atoms with Gasteiger partial charge in [0, 0.05) is 32.4 Å². The summed E-state index contributed by atoms with van der Waals surface area (Å²) >= 11 is 0. The molecular formula is C12H20N4O. The first kappa shape index (κ1) is 12.1. The molecule has 5 heteroatoms. The van der Waals surface area contributed by atoms with Gasteiger partial charge in [-0.1, -0.05) is 6.92 Å². The molecule has 1 amide bonds. The second-order valence-electron chi connectivity index (χ2n) is 4.57. The lowest BCUT2D eigenvalue weighted by Crippen LogP contribution is -2.48. The maximum absolute atomic E-state index is 12.2. The summed E-state index contributed by atoms with van der Waals surface area (Å²) in [5, 5.41) is 3.41. The number of rotatable bonds is 3. The van der Waals surface area contributed by atoms with Crippen LogP contribution in [0.5, 0.6) is 0 Å². The van der Waals surface area contributed by atoms with Crippen molar-refractivity contribution in [1.29, 1.82) is 0 Å². The van der Waals surface area contributed by atoms with E-state index in [1.54, 1.807) is 17.1 Å². The average molecular weight is 236 g/mol. The van der Waals surface area contributed by atoms with Crippen LogP contribution in [0.15, 0.2) is 12.5 Å². The molecule has 94 valence electrons. The van der Waals surface area contributed by atoms with E-state index in [-0.39, 0.29) is 5.91 Å². The molecule has 0 aromatic carbocycles. The third kappa shape index (κ3) is 2.85. The van der Waals surface area contributed by atoms with Crippen LogP contribution in [0.2, 0.25) is 0 Å². The molecule has 0 saturated carbocycles. The molecule has 5 nitrogen and oxygen atoms in total. The molecule has 1 aliphatic heterocycles. The third-order valence-electron chi connectivity index (χ3n) is 3.13. The highest BCUT2D eigenvalue weighted by Crippen LogP contribution is 2.12. The zero-order chi connectivity index (χ0) is 12.3. The van der Waals surface area contributed by atoms with Crippen LogP contribution in [0.1, 0.15) is 30.3 Å². The van der Waals surface area contributed by atoms with Gasteiger partial charge in [-0.05, 0) is 19.4 Å². The Kier molecular flexibility index (Phi) is 3.78. The fraction of sp³-hybridized carbons (Fsp3) is 0.667. The Morgan fingerprint density at radius 3 is 3.12 bits per heavy atom. The van der Waals surface area contributed by atoms with E-state index in [4.69, 9.17) is 0 Å². The van der Waals surface area contributed by atoms with E-state index < -0.39 is 0 Å². The van der Waals surface area contributed by atoms with Crippen molar-refractivity contribution >= 4 is 5.91 Å². The van der Waals surface area contributed by atoms with E-state index in [1.807, 2.05) is 11.9 Å². The quantitative estimate of drug-likeness (QED) is 0.837. The van der Waals surface area contributed by atoms with Crippen molar-refractivity contribution in [3.05, 3.63) is 18.2 Å². The third-order valence-corrected chi connectivity index (χ3v) is 3.13. The van der Waals surface area contributed by atoms with Crippen molar-refractivity contribution in [3.8, 4) is 0 Å². The van der Waals surface area contributed by atoms with Gasteiger partial charge in [-0.2, -0.15) is 0 Å². The van der Waals surface area contributed by atoms with Crippen LogP contribution in [0, 0.1) is 0 Å². The molecule has 1 N–H and O–H groups in total. The zero-order valence-corrected chi connectivity index (χ0v) is 10.5. The first-order chi connectivity index (χ1) is 8.20. The van der Waals surface area contributed by atoms with E-state index in [0.29, 0.717) is 11.7 Å². The minimum atomic E-state index is 0.0493.